The Bertz CT molecular complexity index is 1000. The lowest BCUT2D eigenvalue weighted by Crippen LogP contribution is -2.31. The van der Waals surface area contributed by atoms with Gasteiger partial charge >= 0.3 is 5.97 Å². The van der Waals surface area contributed by atoms with Gasteiger partial charge in [0.25, 0.3) is 10.0 Å². The van der Waals surface area contributed by atoms with Crippen molar-refractivity contribution in [2.75, 3.05) is 13.7 Å². The monoisotopic (exact) mass is 377 g/mol. The number of rotatable bonds is 6. The minimum Gasteiger partial charge on any atom is -0.462 e. The van der Waals surface area contributed by atoms with E-state index in [1.807, 2.05) is 24.3 Å². The minimum absolute atomic E-state index is 0.129. The number of fused-ring (bicyclic) bond motifs is 1. The fourth-order valence-corrected chi connectivity index (χ4v) is 3.96. The predicted octanol–water partition coefficient (Wildman–Crippen LogP) is 2.71. The highest BCUT2D eigenvalue weighted by Gasteiger charge is 2.33. The number of para-hydroxylation sites is 1. The molecule has 0 fully saturated rings. The molecular formula is C17H19N3O5S. The maximum Gasteiger partial charge on any atom is 0.342 e. The summed E-state index contributed by atoms with van der Waals surface area (Å²) in [4.78, 5) is 12.0. The molecule has 0 aliphatic rings. The first-order valence-electron chi connectivity index (χ1n) is 8.03. The van der Waals surface area contributed by atoms with Gasteiger partial charge in [0.1, 0.15) is 16.9 Å². The van der Waals surface area contributed by atoms with E-state index < -0.39 is 22.0 Å². The second-order valence-electron chi connectivity index (χ2n) is 5.72. The maximum absolute atomic E-state index is 13.0. The molecule has 1 unspecified atom stereocenters. The number of esters is 1. The summed E-state index contributed by atoms with van der Waals surface area (Å²) in [6, 6.07) is 8.63. The van der Waals surface area contributed by atoms with Crippen molar-refractivity contribution in [1.82, 2.24) is 14.5 Å². The van der Waals surface area contributed by atoms with Crippen LogP contribution < -0.4 is 0 Å². The van der Waals surface area contributed by atoms with Gasteiger partial charge < -0.3 is 9.15 Å². The number of benzene rings is 1. The van der Waals surface area contributed by atoms with Gasteiger partial charge in [0.2, 0.25) is 0 Å². The van der Waals surface area contributed by atoms with Crippen LogP contribution in [0.15, 0.2) is 46.0 Å². The third-order valence-electron chi connectivity index (χ3n) is 4.14. The Labute approximate surface area is 150 Å². The summed E-state index contributed by atoms with van der Waals surface area (Å²) in [6.45, 7) is 3.48. The lowest BCUT2D eigenvalue weighted by molar-refractivity contribution is 0.0521. The lowest BCUT2D eigenvalue weighted by Gasteiger charge is -2.22. The third kappa shape index (κ3) is 3.11. The van der Waals surface area contributed by atoms with Crippen LogP contribution in [0.1, 0.15) is 36.0 Å². The molecule has 1 aromatic carbocycles. The SMILES string of the molecule is CCOC(=O)c1cn[nH]c1S(=O)(=O)N(C)C(C)c1cc2ccccc2o1. The Morgan fingerprint density at radius 3 is 2.81 bits per heavy atom. The Morgan fingerprint density at radius 1 is 1.38 bits per heavy atom. The number of nitrogens with zero attached hydrogens (tertiary/aromatic N) is 2. The maximum atomic E-state index is 13.0. The van der Waals surface area contributed by atoms with Gasteiger partial charge in [0, 0.05) is 12.4 Å². The van der Waals surface area contributed by atoms with Crippen LogP contribution >= 0.6 is 0 Å². The normalized spacial score (nSPS) is 13.2. The molecule has 2 aromatic heterocycles. The van der Waals surface area contributed by atoms with E-state index in [-0.39, 0.29) is 17.2 Å². The van der Waals surface area contributed by atoms with Gasteiger partial charge in [-0.15, -0.1) is 0 Å². The highest BCUT2D eigenvalue weighted by molar-refractivity contribution is 7.89. The third-order valence-corrected chi connectivity index (χ3v) is 6.04. The van der Waals surface area contributed by atoms with Crippen LogP contribution in [0.25, 0.3) is 11.0 Å². The number of aromatic nitrogens is 2. The van der Waals surface area contributed by atoms with Crippen molar-refractivity contribution in [3.63, 3.8) is 0 Å². The highest BCUT2D eigenvalue weighted by Crippen LogP contribution is 2.30. The largest absolute Gasteiger partial charge is 0.462 e. The smallest absolute Gasteiger partial charge is 0.342 e. The number of carbonyl (C=O) groups is 1. The molecule has 0 spiro atoms. The van der Waals surface area contributed by atoms with E-state index >= 15 is 0 Å². The fourth-order valence-electron chi connectivity index (χ4n) is 2.56. The predicted molar refractivity (Wildman–Crippen MR) is 94.1 cm³/mol. The zero-order chi connectivity index (χ0) is 18.9. The molecule has 0 aliphatic heterocycles. The second kappa shape index (κ2) is 6.93. The fraction of sp³-hybridized carbons (Fsp3) is 0.294. The van der Waals surface area contributed by atoms with Gasteiger partial charge in [0.15, 0.2) is 5.03 Å². The highest BCUT2D eigenvalue weighted by atomic mass is 32.2. The molecule has 26 heavy (non-hydrogen) atoms. The standard InChI is InChI=1S/C17H19N3O5S/c1-4-24-17(21)13-10-18-19-16(13)26(22,23)20(3)11(2)15-9-12-7-5-6-8-14(12)25-15/h5-11H,4H2,1-3H3,(H,18,19). The van der Waals surface area contributed by atoms with Crippen molar-refractivity contribution < 1.29 is 22.4 Å². The number of hydrogen-bond acceptors (Lipinski definition) is 6. The average molecular weight is 377 g/mol. The van der Waals surface area contributed by atoms with E-state index in [9.17, 15) is 13.2 Å². The summed E-state index contributed by atoms with van der Waals surface area (Å²) in [6.07, 6.45) is 1.14. The van der Waals surface area contributed by atoms with E-state index in [1.54, 1.807) is 19.9 Å². The Balaban J connectivity index is 1.94. The molecule has 9 heteroatoms. The Kier molecular flexibility index (Phi) is 4.84. The van der Waals surface area contributed by atoms with E-state index in [1.165, 1.54) is 7.05 Å². The lowest BCUT2D eigenvalue weighted by atomic mass is 10.2. The number of furan rings is 1. The quantitative estimate of drug-likeness (QED) is 0.662. The zero-order valence-corrected chi connectivity index (χ0v) is 15.4. The Morgan fingerprint density at radius 2 is 2.12 bits per heavy atom. The van der Waals surface area contributed by atoms with Crippen molar-refractivity contribution in [2.45, 2.75) is 24.9 Å². The van der Waals surface area contributed by atoms with Gasteiger partial charge in [-0.05, 0) is 26.0 Å². The molecule has 0 amide bonds. The van der Waals surface area contributed by atoms with E-state index in [0.717, 1.165) is 15.9 Å². The molecule has 3 rings (SSSR count). The molecule has 2 heterocycles. The van der Waals surface area contributed by atoms with Crippen LogP contribution in [0, 0.1) is 0 Å². The van der Waals surface area contributed by atoms with Crippen LogP contribution in [0.2, 0.25) is 0 Å². The topological polar surface area (TPSA) is 106 Å². The van der Waals surface area contributed by atoms with Crippen LogP contribution in [0.5, 0.6) is 0 Å². The van der Waals surface area contributed by atoms with Crippen LogP contribution in [0.3, 0.4) is 0 Å². The first-order valence-corrected chi connectivity index (χ1v) is 9.47. The summed E-state index contributed by atoms with van der Waals surface area (Å²) in [5, 5.41) is 6.65. The molecule has 138 valence electrons. The minimum atomic E-state index is -4.02. The number of carbonyl (C=O) groups excluding carboxylic acids is 1. The molecule has 0 saturated carbocycles. The first-order chi connectivity index (χ1) is 12.4. The number of H-pyrrole nitrogens is 1. The van der Waals surface area contributed by atoms with Crippen molar-refractivity contribution in [3.8, 4) is 0 Å². The van der Waals surface area contributed by atoms with Gasteiger partial charge in [-0.2, -0.15) is 9.40 Å². The van der Waals surface area contributed by atoms with Gasteiger partial charge in [-0.3, -0.25) is 5.10 Å². The average Bonchev–Trinajstić information content (AvgIpc) is 3.27. The molecule has 8 nitrogen and oxygen atoms in total. The van der Waals surface area contributed by atoms with Crippen molar-refractivity contribution in [3.05, 3.63) is 47.9 Å². The van der Waals surface area contributed by atoms with E-state index in [0.29, 0.717) is 11.3 Å². The van der Waals surface area contributed by atoms with Crippen molar-refractivity contribution in [1.29, 1.82) is 0 Å². The van der Waals surface area contributed by atoms with Crippen molar-refractivity contribution in [2.24, 2.45) is 0 Å². The summed E-state index contributed by atoms with van der Waals surface area (Å²) < 4.78 is 37.7. The van der Waals surface area contributed by atoms with E-state index in [2.05, 4.69) is 10.2 Å². The molecule has 0 aliphatic carbocycles. The number of sulfonamides is 1. The zero-order valence-electron chi connectivity index (χ0n) is 14.6. The van der Waals surface area contributed by atoms with Gasteiger partial charge in [0.05, 0.1) is 18.8 Å². The van der Waals surface area contributed by atoms with Gasteiger partial charge in [-0.1, -0.05) is 18.2 Å². The number of aromatic amines is 1. The van der Waals surface area contributed by atoms with Crippen molar-refractivity contribution >= 4 is 27.0 Å². The molecule has 3 aromatic rings. The van der Waals surface area contributed by atoms with E-state index in [4.69, 9.17) is 9.15 Å². The summed E-state index contributed by atoms with van der Waals surface area (Å²) >= 11 is 0. The Hall–Kier alpha value is -2.65. The van der Waals surface area contributed by atoms with Crippen LogP contribution in [-0.4, -0.2) is 42.5 Å². The van der Waals surface area contributed by atoms with Crippen LogP contribution in [-0.2, 0) is 14.8 Å². The molecule has 0 bridgehead atoms. The molecule has 0 saturated heterocycles. The number of hydrogen-bond donors (Lipinski definition) is 1. The first kappa shape index (κ1) is 18.2. The van der Waals surface area contributed by atoms with Crippen LogP contribution in [0.4, 0.5) is 0 Å². The summed E-state index contributed by atoms with van der Waals surface area (Å²) in [5.41, 5.74) is 0.546. The molecule has 1 atom stereocenters. The second-order valence-corrected chi connectivity index (χ2v) is 7.65. The summed E-state index contributed by atoms with van der Waals surface area (Å²) in [7, 11) is -2.60. The number of nitrogens with one attached hydrogen (secondary N) is 1. The molecule has 1 N–H and O–H groups in total. The number of ether oxygens (including phenoxy) is 1. The summed E-state index contributed by atoms with van der Waals surface area (Å²) in [5.74, 6) is -0.251. The van der Waals surface area contributed by atoms with Gasteiger partial charge in [-0.25, -0.2) is 13.2 Å². The molecule has 0 radical (unpaired) electrons. The molecular weight excluding hydrogens is 358 g/mol.